The number of hydrogen-bond donors (Lipinski definition) is 2. The Bertz CT molecular complexity index is 314. The van der Waals surface area contributed by atoms with Gasteiger partial charge in [-0.2, -0.15) is 0 Å². The predicted molar refractivity (Wildman–Crippen MR) is 62.2 cm³/mol. The lowest BCUT2D eigenvalue weighted by molar-refractivity contribution is -0.136. The lowest BCUT2D eigenvalue weighted by atomic mass is 9.86. The van der Waals surface area contributed by atoms with Gasteiger partial charge in [0.1, 0.15) is 0 Å². The maximum atomic E-state index is 10.5. The molecule has 0 aliphatic carbocycles. The van der Waals surface area contributed by atoms with Crippen LogP contribution >= 0.6 is 11.3 Å². The van der Waals surface area contributed by atoms with Gasteiger partial charge in [-0.1, -0.05) is 26.8 Å². The predicted octanol–water partition coefficient (Wildman–Crippen LogP) is 2.51. The molecule has 4 heteroatoms. The van der Waals surface area contributed by atoms with Crippen LogP contribution in [-0.4, -0.2) is 17.6 Å². The van der Waals surface area contributed by atoms with Gasteiger partial charge in [0.2, 0.25) is 0 Å². The monoisotopic (exact) mass is 227 g/mol. The van der Waals surface area contributed by atoms with Crippen molar-refractivity contribution in [2.45, 2.75) is 26.8 Å². The van der Waals surface area contributed by atoms with Crippen molar-refractivity contribution in [3.63, 3.8) is 0 Å². The van der Waals surface area contributed by atoms with Crippen molar-refractivity contribution in [1.29, 1.82) is 0 Å². The second kappa shape index (κ2) is 4.77. The smallest absolute Gasteiger partial charge is 0.317 e. The highest BCUT2D eigenvalue weighted by Crippen LogP contribution is 2.34. The molecule has 0 saturated carbocycles. The van der Waals surface area contributed by atoms with Crippen molar-refractivity contribution in [3.05, 3.63) is 22.4 Å². The number of carboxylic acids is 1. The van der Waals surface area contributed by atoms with Gasteiger partial charge in [-0.25, -0.2) is 0 Å². The summed E-state index contributed by atoms with van der Waals surface area (Å²) in [5, 5.41) is 13.7. The molecule has 0 fully saturated rings. The van der Waals surface area contributed by atoms with Crippen molar-refractivity contribution in [1.82, 2.24) is 5.32 Å². The quantitative estimate of drug-likeness (QED) is 0.831. The van der Waals surface area contributed by atoms with E-state index in [-0.39, 0.29) is 18.0 Å². The lowest BCUT2D eigenvalue weighted by Crippen LogP contribution is -2.35. The van der Waals surface area contributed by atoms with Gasteiger partial charge < -0.3 is 5.11 Å². The first-order valence-electron chi connectivity index (χ1n) is 4.90. The van der Waals surface area contributed by atoms with E-state index in [4.69, 9.17) is 5.11 Å². The molecule has 2 N–H and O–H groups in total. The summed E-state index contributed by atoms with van der Waals surface area (Å²) in [5.74, 6) is -0.819. The summed E-state index contributed by atoms with van der Waals surface area (Å²) in [6, 6.07) is 4.12. The van der Waals surface area contributed by atoms with Crippen LogP contribution in [0.5, 0.6) is 0 Å². The largest absolute Gasteiger partial charge is 0.480 e. The summed E-state index contributed by atoms with van der Waals surface area (Å²) in [7, 11) is 0. The molecule has 1 atom stereocenters. The molecular formula is C11H17NO2S. The second-order valence-electron chi connectivity index (χ2n) is 4.59. The van der Waals surface area contributed by atoms with Crippen molar-refractivity contribution in [3.8, 4) is 0 Å². The van der Waals surface area contributed by atoms with Gasteiger partial charge >= 0.3 is 5.97 Å². The van der Waals surface area contributed by atoms with E-state index >= 15 is 0 Å². The summed E-state index contributed by atoms with van der Waals surface area (Å²) >= 11 is 1.65. The summed E-state index contributed by atoms with van der Waals surface area (Å²) < 4.78 is 0. The first-order chi connectivity index (χ1) is 6.91. The Hall–Kier alpha value is -0.870. The van der Waals surface area contributed by atoms with Crippen LogP contribution in [0.4, 0.5) is 0 Å². The Morgan fingerprint density at radius 3 is 2.67 bits per heavy atom. The fraction of sp³-hybridized carbons (Fsp3) is 0.545. The highest BCUT2D eigenvalue weighted by atomic mass is 32.1. The zero-order valence-corrected chi connectivity index (χ0v) is 10.1. The molecule has 1 aromatic heterocycles. The molecule has 84 valence electrons. The van der Waals surface area contributed by atoms with Crippen LogP contribution < -0.4 is 5.32 Å². The third kappa shape index (κ3) is 3.64. The first-order valence-corrected chi connectivity index (χ1v) is 5.78. The fourth-order valence-corrected chi connectivity index (χ4v) is 2.52. The second-order valence-corrected chi connectivity index (χ2v) is 5.57. The molecular weight excluding hydrogens is 210 g/mol. The van der Waals surface area contributed by atoms with Crippen molar-refractivity contribution < 1.29 is 9.90 Å². The zero-order valence-electron chi connectivity index (χ0n) is 9.28. The normalized spacial score (nSPS) is 13.8. The average Bonchev–Trinajstić information content (AvgIpc) is 2.54. The molecule has 0 aliphatic rings. The number of nitrogens with one attached hydrogen (secondary N) is 1. The van der Waals surface area contributed by atoms with E-state index < -0.39 is 5.97 Å². The van der Waals surface area contributed by atoms with Crippen LogP contribution in [-0.2, 0) is 4.79 Å². The Morgan fingerprint density at radius 2 is 2.27 bits per heavy atom. The first kappa shape index (κ1) is 12.2. The maximum absolute atomic E-state index is 10.5. The number of carboxylic acid groups (broad SMARTS) is 1. The van der Waals surface area contributed by atoms with E-state index in [0.717, 1.165) is 0 Å². The highest BCUT2D eigenvalue weighted by molar-refractivity contribution is 7.10. The molecule has 0 aromatic carbocycles. The summed E-state index contributed by atoms with van der Waals surface area (Å²) in [6.07, 6.45) is 0. The van der Waals surface area contributed by atoms with Gasteiger partial charge in [0, 0.05) is 10.9 Å². The molecule has 0 bridgehead atoms. The summed E-state index contributed by atoms with van der Waals surface area (Å²) in [6.45, 7) is 6.31. The number of hydrogen-bond acceptors (Lipinski definition) is 3. The molecule has 0 saturated heterocycles. The van der Waals surface area contributed by atoms with Crippen molar-refractivity contribution in [2.24, 2.45) is 5.41 Å². The minimum absolute atomic E-state index is 0.000162. The average molecular weight is 227 g/mol. The third-order valence-corrected chi connectivity index (χ3v) is 3.09. The molecule has 1 heterocycles. The number of thiophene rings is 1. The molecule has 1 aromatic rings. The van der Waals surface area contributed by atoms with Gasteiger partial charge in [-0.15, -0.1) is 11.3 Å². The molecule has 3 nitrogen and oxygen atoms in total. The SMILES string of the molecule is CC(C)(C)[C@@H](NCC(=O)O)c1cccs1. The van der Waals surface area contributed by atoms with Crippen LogP contribution in [0.25, 0.3) is 0 Å². The van der Waals surface area contributed by atoms with E-state index in [1.165, 1.54) is 4.88 Å². The Labute approximate surface area is 94.1 Å². The molecule has 0 spiro atoms. The van der Waals surface area contributed by atoms with Crippen LogP contribution in [0.3, 0.4) is 0 Å². The van der Waals surface area contributed by atoms with Gasteiger partial charge in [-0.05, 0) is 16.9 Å². The van der Waals surface area contributed by atoms with Gasteiger partial charge in [-0.3, -0.25) is 10.1 Å². The topological polar surface area (TPSA) is 49.3 Å². The minimum Gasteiger partial charge on any atom is -0.480 e. The van der Waals surface area contributed by atoms with E-state index in [0.29, 0.717) is 0 Å². The number of carbonyl (C=O) groups is 1. The van der Waals surface area contributed by atoms with Crippen LogP contribution in [0.2, 0.25) is 0 Å². The van der Waals surface area contributed by atoms with Gasteiger partial charge in [0.05, 0.1) is 6.54 Å². The number of aliphatic carboxylic acids is 1. The fourth-order valence-electron chi connectivity index (χ4n) is 1.48. The van der Waals surface area contributed by atoms with E-state index in [1.807, 2.05) is 17.5 Å². The maximum Gasteiger partial charge on any atom is 0.317 e. The third-order valence-electron chi connectivity index (χ3n) is 2.15. The molecule has 0 unspecified atom stereocenters. The minimum atomic E-state index is -0.819. The van der Waals surface area contributed by atoms with Crippen molar-refractivity contribution in [2.75, 3.05) is 6.54 Å². The summed E-state index contributed by atoms with van der Waals surface area (Å²) in [5.41, 5.74) is 0.0142. The van der Waals surface area contributed by atoms with E-state index in [1.54, 1.807) is 11.3 Å². The van der Waals surface area contributed by atoms with Crippen LogP contribution in [0.15, 0.2) is 17.5 Å². The zero-order chi connectivity index (χ0) is 11.5. The number of rotatable bonds is 4. The van der Waals surface area contributed by atoms with Crippen LogP contribution in [0, 0.1) is 5.41 Å². The van der Waals surface area contributed by atoms with Gasteiger partial charge in [0.15, 0.2) is 0 Å². The standard InChI is InChI=1S/C11H17NO2S/c1-11(2,3)10(12-7-9(13)14)8-5-4-6-15-8/h4-6,10,12H,7H2,1-3H3,(H,13,14)/t10-/m0/s1. The highest BCUT2D eigenvalue weighted by Gasteiger charge is 2.26. The Kier molecular flexibility index (Phi) is 3.88. The van der Waals surface area contributed by atoms with Crippen molar-refractivity contribution >= 4 is 17.3 Å². The lowest BCUT2D eigenvalue weighted by Gasteiger charge is -2.30. The molecule has 0 radical (unpaired) electrons. The molecule has 0 aliphatic heterocycles. The molecule has 15 heavy (non-hydrogen) atoms. The Balaban J connectivity index is 2.76. The molecule has 1 rings (SSSR count). The Morgan fingerprint density at radius 1 is 1.60 bits per heavy atom. The van der Waals surface area contributed by atoms with E-state index in [9.17, 15) is 4.79 Å². The van der Waals surface area contributed by atoms with Crippen LogP contribution in [0.1, 0.15) is 31.7 Å². The van der Waals surface area contributed by atoms with E-state index in [2.05, 4.69) is 26.1 Å². The molecule has 0 amide bonds. The summed E-state index contributed by atoms with van der Waals surface area (Å²) in [4.78, 5) is 11.7. The van der Waals surface area contributed by atoms with Gasteiger partial charge in [0.25, 0.3) is 0 Å².